The lowest BCUT2D eigenvalue weighted by Gasteiger charge is -2.14. The average Bonchev–Trinajstić information content (AvgIpc) is 3.04. The van der Waals surface area contributed by atoms with Gasteiger partial charge in [0.25, 0.3) is 0 Å². The summed E-state index contributed by atoms with van der Waals surface area (Å²) in [6, 6.07) is 31.1. The van der Waals surface area contributed by atoms with Gasteiger partial charge in [0.2, 0.25) is 5.78 Å². The molecule has 0 aliphatic carbocycles. The van der Waals surface area contributed by atoms with Gasteiger partial charge in [-0.25, -0.2) is 4.57 Å². The quantitative estimate of drug-likeness (QED) is 0.0383. The highest BCUT2D eigenvalue weighted by Crippen LogP contribution is 2.49. The molecule has 228 valence electrons. The number of phosphoric ester groups is 1. The zero-order valence-electron chi connectivity index (χ0n) is 24.2. The lowest BCUT2D eigenvalue weighted by molar-refractivity contribution is 0.103. The van der Waals surface area contributed by atoms with Crippen LogP contribution in [0.25, 0.3) is 0 Å². The van der Waals surface area contributed by atoms with Crippen molar-refractivity contribution in [3.05, 3.63) is 125 Å². The Hall–Kier alpha value is -3.17. The third-order valence-electron chi connectivity index (χ3n) is 6.01. The fourth-order valence-corrected chi connectivity index (χ4v) is 6.71. The van der Waals surface area contributed by atoms with Gasteiger partial charge in [-0.3, -0.25) is 23.3 Å². The van der Waals surface area contributed by atoms with Gasteiger partial charge in [0.05, 0.1) is 13.2 Å². The molecule has 0 amide bonds. The van der Waals surface area contributed by atoms with Crippen molar-refractivity contribution >= 4 is 60.2 Å². The first-order chi connectivity index (χ1) is 21.3. The van der Waals surface area contributed by atoms with Gasteiger partial charge in [-0.2, -0.15) is 0 Å². The summed E-state index contributed by atoms with van der Waals surface area (Å²) >= 11 is 9.02. The van der Waals surface area contributed by atoms with Gasteiger partial charge in [-0.05, 0) is 86.6 Å². The Bertz CT molecular complexity index is 1610. The van der Waals surface area contributed by atoms with Crippen LogP contribution in [0.4, 0.5) is 0 Å². The van der Waals surface area contributed by atoms with Crippen molar-refractivity contribution in [3.8, 4) is 0 Å². The van der Waals surface area contributed by atoms with Gasteiger partial charge in [0, 0.05) is 48.6 Å². The summed E-state index contributed by atoms with van der Waals surface area (Å²) in [5, 5.41) is 4.61. The van der Waals surface area contributed by atoms with Crippen LogP contribution in [-0.2, 0) is 18.2 Å². The minimum atomic E-state index is -3.96. The Morgan fingerprint density at radius 3 is 1.82 bits per heavy atom. The lowest BCUT2D eigenvalue weighted by atomic mass is 10.0. The number of rotatable bonds is 16. The molecular formula is C33H31ClNO6PS2. The summed E-state index contributed by atoms with van der Waals surface area (Å²) in [6.45, 7) is 3.50. The molecule has 0 spiro atoms. The molecule has 44 heavy (non-hydrogen) atoms. The molecule has 0 saturated heterocycles. The second-order valence-electron chi connectivity index (χ2n) is 9.13. The Balaban J connectivity index is 1.45. The van der Waals surface area contributed by atoms with Gasteiger partial charge in [0.1, 0.15) is 5.71 Å². The van der Waals surface area contributed by atoms with Crippen LogP contribution in [0, 0.1) is 0 Å². The number of hydrogen-bond donors (Lipinski definition) is 0. The molecule has 0 aromatic heterocycles. The molecule has 0 aliphatic rings. The molecule has 0 aliphatic heterocycles. The van der Waals surface area contributed by atoms with Gasteiger partial charge >= 0.3 is 7.82 Å². The van der Waals surface area contributed by atoms with E-state index in [-0.39, 0.29) is 36.9 Å². The van der Waals surface area contributed by atoms with Crippen molar-refractivity contribution in [2.24, 2.45) is 5.16 Å². The number of halogens is 1. The second kappa shape index (κ2) is 16.8. The van der Waals surface area contributed by atoms with Crippen LogP contribution in [0.5, 0.6) is 0 Å². The normalized spacial score (nSPS) is 11.8. The number of oxime groups is 1. The molecule has 0 saturated carbocycles. The number of carbonyl (C=O) groups is 2. The van der Waals surface area contributed by atoms with E-state index >= 15 is 0 Å². The molecule has 0 radical (unpaired) electrons. The summed E-state index contributed by atoms with van der Waals surface area (Å²) < 4.78 is 28.4. The van der Waals surface area contributed by atoms with E-state index in [4.69, 9.17) is 25.3 Å². The Kier molecular flexibility index (Phi) is 12.9. The molecule has 4 rings (SSSR count). The van der Waals surface area contributed by atoms with Crippen molar-refractivity contribution in [3.63, 3.8) is 0 Å². The van der Waals surface area contributed by atoms with E-state index in [1.54, 1.807) is 50.2 Å². The maximum absolute atomic E-state index is 13.5. The third kappa shape index (κ3) is 9.92. The molecular weight excluding hydrogens is 637 g/mol. The predicted molar refractivity (Wildman–Crippen MR) is 177 cm³/mol. The monoisotopic (exact) mass is 667 g/mol. The third-order valence-corrected chi connectivity index (χ3v) is 9.73. The Morgan fingerprint density at radius 1 is 0.727 bits per heavy atom. The molecule has 11 heteroatoms. The van der Waals surface area contributed by atoms with Crippen molar-refractivity contribution in [1.29, 1.82) is 0 Å². The van der Waals surface area contributed by atoms with E-state index in [9.17, 15) is 14.2 Å². The number of phosphoric acid groups is 1. The number of thioether (sulfide) groups is 1. The van der Waals surface area contributed by atoms with Crippen molar-refractivity contribution in [1.82, 2.24) is 0 Å². The summed E-state index contributed by atoms with van der Waals surface area (Å²) in [6.07, 6.45) is 0.245. The summed E-state index contributed by atoms with van der Waals surface area (Å²) in [4.78, 5) is 29.0. The van der Waals surface area contributed by atoms with Crippen LogP contribution in [0.15, 0.2) is 123 Å². The maximum Gasteiger partial charge on any atom is 0.550 e. The van der Waals surface area contributed by atoms with E-state index in [2.05, 4.69) is 5.16 Å². The number of Topliss-reactive ketones (excluding diaryl/α,β-unsaturated/α-hetero) is 1. The van der Waals surface area contributed by atoms with Crippen LogP contribution in [0.3, 0.4) is 0 Å². The zero-order valence-corrected chi connectivity index (χ0v) is 27.5. The standard InChI is InChI=1S/C33H31ClNO6PS2/c1-3-39-42(38,40-4-2)41-35-31(22-23-43-28-20-14-27(34)15-21-28)33(37)26-12-18-30(19-13-26)44-29-16-10-25(11-17-29)32(36)24-8-6-5-7-9-24/h5-21H,3-4,22-23H2,1-2H3/b35-31+. The number of nitrogens with zero attached hydrogens (tertiary/aromatic N) is 1. The van der Waals surface area contributed by atoms with Gasteiger partial charge in [-0.1, -0.05) is 58.9 Å². The Labute approximate surface area is 270 Å². The minimum absolute atomic E-state index is 0.0307. The molecule has 4 aromatic rings. The first-order valence-electron chi connectivity index (χ1n) is 13.9. The minimum Gasteiger partial charge on any atom is -0.292 e. The molecule has 0 heterocycles. The molecule has 0 atom stereocenters. The Morgan fingerprint density at radius 2 is 1.25 bits per heavy atom. The van der Waals surface area contributed by atoms with Gasteiger partial charge in [0.15, 0.2) is 5.78 Å². The van der Waals surface area contributed by atoms with Crippen molar-refractivity contribution < 1.29 is 27.8 Å². The van der Waals surface area contributed by atoms with E-state index in [1.807, 2.05) is 66.7 Å². The van der Waals surface area contributed by atoms with E-state index in [1.165, 1.54) is 23.5 Å². The average molecular weight is 668 g/mol. The van der Waals surface area contributed by atoms with Crippen LogP contribution >= 0.6 is 42.9 Å². The van der Waals surface area contributed by atoms with Crippen molar-refractivity contribution in [2.75, 3.05) is 19.0 Å². The number of hydrogen-bond acceptors (Lipinski definition) is 9. The summed E-state index contributed by atoms with van der Waals surface area (Å²) in [5.41, 5.74) is 1.75. The highest BCUT2D eigenvalue weighted by Gasteiger charge is 2.28. The SMILES string of the molecule is CCOP(=O)(OCC)O/N=C(\CCSc1ccc(Cl)cc1)C(=O)c1ccc(Sc2ccc(C(=O)c3ccccc3)cc2)cc1. The first-order valence-corrected chi connectivity index (χ1v) is 17.5. The highest BCUT2D eigenvalue weighted by atomic mass is 35.5. The van der Waals surface area contributed by atoms with E-state index in [0.717, 1.165) is 14.7 Å². The predicted octanol–water partition coefficient (Wildman–Crippen LogP) is 9.64. The van der Waals surface area contributed by atoms with E-state index < -0.39 is 7.82 Å². The summed E-state index contributed by atoms with van der Waals surface area (Å²) in [5.74, 6) is 0.123. The van der Waals surface area contributed by atoms with Crippen molar-refractivity contribution in [2.45, 2.75) is 35.0 Å². The maximum atomic E-state index is 13.5. The van der Waals surface area contributed by atoms with Gasteiger partial charge < -0.3 is 0 Å². The van der Waals surface area contributed by atoms with Gasteiger partial charge in [-0.15, -0.1) is 11.8 Å². The number of carbonyl (C=O) groups excluding carboxylic acids is 2. The van der Waals surface area contributed by atoms with Crippen LogP contribution in [0.1, 0.15) is 46.5 Å². The largest absolute Gasteiger partial charge is 0.550 e. The first kappa shape index (κ1) is 33.7. The fraction of sp³-hybridized carbons (Fsp3) is 0.182. The van der Waals surface area contributed by atoms with Crippen LogP contribution < -0.4 is 0 Å². The fourth-order valence-electron chi connectivity index (χ4n) is 3.90. The van der Waals surface area contributed by atoms with Crippen LogP contribution in [-0.4, -0.2) is 36.2 Å². The zero-order chi connectivity index (χ0) is 31.4. The number of ketones is 2. The smallest absolute Gasteiger partial charge is 0.292 e. The second-order valence-corrected chi connectivity index (χ2v) is 13.5. The molecule has 4 aromatic carbocycles. The van der Waals surface area contributed by atoms with E-state index in [0.29, 0.717) is 27.5 Å². The molecule has 0 bridgehead atoms. The summed E-state index contributed by atoms with van der Waals surface area (Å²) in [7, 11) is -3.96. The lowest BCUT2D eigenvalue weighted by Crippen LogP contribution is -2.16. The molecule has 0 unspecified atom stereocenters. The molecule has 7 nitrogen and oxygen atoms in total. The molecule has 0 fully saturated rings. The topological polar surface area (TPSA) is 91.3 Å². The highest BCUT2D eigenvalue weighted by molar-refractivity contribution is 7.99. The molecule has 0 N–H and O–H groups in total. The number of benzene rings is 4. The van der Waals surface area contributed by atoms with Crippen LogP contribution in [0.2, 0.25) is 5.02 Å².